The molecule has 0 nitrogen and oxygen atoms in total. The van der Waals surface area contributed by atoms with Gasteiger partial charge in [0.05, 0.1) is 0 Å². The molecule has 0 fully saturated rings. The topological polar surface area (TPSA) is 0 Å². The second-order valence-electron chi connectivity index (χ2n) is 12.2. The fourth-order valence-electron chi connectivity index (χ4n) is 6.70. The zero-order valence-corrected chi connectivity index (χ0v) is 26.6. The van der Waals surface area contributed by atoms with Crippen LogP contribution in [-0.2, 0) is 0 Å². The van der Waals surface area contributed by atoms with Gasteiger partial charge in [0.2, 0.25) is 0 Å². The minimum atomic E-state index is 1.15. The van der Waals surface area contributed by atoms with E-state index in [9.17, 15) is 0 Å². The first-order valence-corrected chi connectivity index (χ1v) is 16.5. The average Bonchev–Trinajstić information content (AvgIpc) is 3.16. The van der Waals surface area contributed by atoms with E-state index < -0.39 is 0 Å². The van der Waals surface area contributed by atoms with Gasteiger partial charge < -0.3 is 0 Å². The molecule has 0 saturated carbocycles. The van der Waals surface area contributed by atoms with Gasteiger partial charge in [-0.1, -0.05) is 176 Å². The van der Waals surface area contributed by atoms with E-state index in [1.54, 1.807) is 0 Å². The summed E-state index contributed by atoms with van der Waals surface area (Å²) in [5.74, 6) is 0. The number of hydrogen-bond acceptors (Lipinski definition) is 0. The summed E-state index contributed by atoms with van der Waals surface area (Å²) < 4.78 is 0. The van der Waals surface area contributed by atoms with Crippen molar-refractivity contribution in [1.82, 2.24) is 0 Å². The van der Waals surface area contributed by atoms with Crippen LogP contribution in [-0.4, -0.2) is 0 Å². The molecule has 48 heavy (non-hydrogen) atoms. The molecule has 8 aromatic rings. The van der Waals surface area contributed by atoms with Crippen LogP contribution in [0.15, 0.2) is 194 Å². The largest absolute Gasteiger partial charge is 0.0622 e. The monoisotopic (exact) mass is 610 g/mol. The number of hydrogen-bond donors (Lipinski definition) is 0. The first-order valence-electron chi connectivity index (χ1n) is 16.5. The van der Waals surface area contributed by atoms with Gasteiger partial charge in [0.1, 0.15) is 0 Å². The van der Waals surface area contributed by atoms with Gasteiger partial charge in [-0.05, 0) is 108 Å². The van der Waals surface area contributed by atoms with Crippen molar-refractivity contribution < 1.29 is 0 Å². The van der Waals surface area contributed by atoms with Crippen LogP contribution >= 0.6 is 0 Å². The van der Waals surface area contributed by atoms with Crippen molar-refractivity contribution >= 4 is 44.8 Å². The van der Waals surface area contributed by atoms with Crippen LogP contribution in [0.2, 0.25) is 0 Å². The second-order valence-corrected chi connectivity index (χ2v) is 12.2. The zero-order chi connectivity index (χ0) is 32.1. The summed E-state index contributed by atoms with van der Waals surface area (Å²) in [6.07, 6.45) is 4.70. The molecule has 0 aromatic heterocycles. The minimum absolute atomic E-state index is 1.15. The summed E-state index contributed by atoms with van der Waals surface area (Å²) in [6.45, 7) is 0. The maximum Gasteiger partial charge on any atom is -0.00988 e. The molecular formula is C48H34. The van der Waals surface area contributed by atoms with Crippen molar-refractivity contribution in [2.75, 3.05) is 0 Å². The van der Waals surface area contributed by atoms with E-state index in [-0.39, 0.29) is 0 Å². The fourth-order valence-corrected chi connectivity index (χ4v) is 6.70. The summed E-state index contributed by atoms with van der Waals surface area (Å²) in [4.78, 5) is 0. The van der Waals surface area contributed by atoms with Crippen molar-refractivity contribution in [3.8, 4) is 11.1 Å². The summed E-state index contributed by atoms with van der Waals surface area (Å²) in [5, 5.41) is 5.00. The molecule has 0 aliphatic heterocycles. The van der Waals surface area contributed by atoms with Gasteiger partial charge in [0, 0.05) is 0 Å². The lowest BCUT2D eigenvalue weighted by Gasteiger charge is -2.16. The van der Waals surface area contributed by atoms with Crippen LogP contribution in [0.1, 0.15) is 33.4 Å². The summed E-state index contributed by atoms with van der Waals surface area (Å²) in [7, 11) is 0. The van der Waals surface area contributed by atoms with Crippen molar-refractivity contribution in [1.29, 1.82) is 0 Å². The predicted molar refractivity (Wildman–Crippen MR) is 207 cm³/mol. The highest BCUT2D eigenvalue weighted by Gasteiger charge is 2.13. The van der Waals surface area contributed by atoms with E-state index in [2.05, 4.69) is 206 Å². The number of benzene rings is 8. The van der Waals surface area contributed by atoms with E-state index in [0.29, 0.717) is 0 Å². The maximum absolute atomic E-state index is 2.38. The van der Waals surface area contributed by atoms with Crippen LogP contribution in [0.3, 0.4) is 0 Å². The van der Waals surface area contributed by atoms with Gasteiger partial charge >= 0.3 is 0 Å². The van der Waals surface area contributed by atoms with Crippen LogP contribution in [0.4, 0.5) is 0 Å². The Morgan fingerprint density at radius 3 is 1.31 bits per heavy atom. The molecule has 0 bridgehead atoms. The lowest BCUT2D eigenvalue weighted by atomic mass is 9.88. The van der Waals surface area contributed by atoms with Crippen LogP contribution < -0.4 is 0 Å². The fraction of sp³-hybridized carbons (Fsp3) is 0. The van der Waals surface area contributed by atoms with Crippen LogP contribution in [0.25, 0.3) is 56.0 Å². The van der Waals surface area contributed by atoms with Crippen molar-refractivity contribution in [3.05, 3.63) is 228 Å². The SMILES string of the molecule is C(=C(c1ccccc1)c1ccccc1)c1ccc(-c2cccc3cc4ccccc4cc23)c(C=C(c2ccccc2)c2ccccc2)c1. The van der Waals surface area contributed by atoms with Gasteiger partial charge in [-0.15, -0.1) is 0 Å². The molecule has 0 aliphatic carbocycles. The van der Waals surface area contributed by atoms with E-state index >= 15 is 0 Å². The third kappa shape index (κ3) is 6.00. The highest BCUT2D eigenvalue weighted by Crippen LogP contribution is 2.37. The number of rotatable bonds is 7. The third-order valence-corrected chi connectivity index (χ3v) is 9.06. The zero-order valence-electron chi connectivity index (χ0n) is 26.6. The second kappa shape index (κ2) is 13.2. The Hall–Kier alpha value is -6.24. The quantitative estimate of drug-likeness (QED) is 0.124. The molecule has 0 unspecified atom stereocenters. The molecule has 8 rings (SSSR count). The lowest BCUT2D eigenvalue weighted by molar-refractivity contribution is 1.53. The van der Waals surface area contributed by atoms with Crippen molar-refractivity contribution in [2.24, 2.45) is 0 Å². The standard InChI is InChI=1S/C48H34/c1-5-16-36(17-6-1)46(37-18-7-2-8-19-37)31-35-28-29-44(45-27-15-26-42-32-40-24-13-14-25-41(40)33-48(42)45)43(30-35)34-47(38-20-9-3-10-21-38)39-22-11-4-12-23-39/h1-34H. The summed E-state index contributed by atoms with van der Waals surface area (Å²) in [5.41, 5.74) is 11.9. The first kappa shape index (κ1) is 29.2. The van der Waals surface area contributed by atoms with E-state index in [0.717, 1.165) is 5.56 Å². The Morgan fingerprint density at radius 2 is 0.771 bits per heavy atom. The normalized spacial score (nSPS) is 10.9. The molecule has 8 aromatic carbocycles. The molecule has 0 amide bonds. The van der Waals surface area contributed by atoms with Gasteiger partial charge in [-0.25, -0.2) is 0 Å². The van der Waals surface area contributed by atoms with Gasteiger partial charge in [-0.3, -0.25) is 0 Å². The summed E-state index contributed by atoms with van der Waals surface area (Å²) >= 11 is 0. The lowest BCUT2D eigenvalue weighted by Crippen LogP contribution is -1.93. The Balaban J connectivity index is 1.39. The van der Waals surface area contributed by atoms with Crippen LogP contribution in [0.5, 0.6) is 0 Å². The predicted octanol–water partition coefficient (Wildman–Crippen LogP) is 12.8. The molecule has 0 heteroatoms. The van der Waals surface area contributed by atoms with E-state index in [4.69, 9.17) is 0 Å². The highest BCUT2D eigenvalue weighted by atomic mass is 14.2. The third-order valence-electron chi connectivity index (χ3n) is 9.06. The Morgan fingerprint density at radius 1 is 0.312 bits per heavy atom. The van der Waals surface area contributed by atoms with E-state index in [1.165, 1.54) is 71.6 Å². The molecule has 0 aliphatic rings. The molecule has 0 atom stereocenters. The van der Waals surface area contributed by atoms with Crippen molar-refractivity contribution in [2.45, 2.75) is 0 Å². The van der Waals surface area contributed by atoms with Crippen molar-refractivity contribution in [3.63, 3.8) is 0 Å². The number of fused-ring (bicyclic) bond motifs is 2. The molecule has 0 spiro atoms. The Bertz CT molecular complexity index is 2320. The molecule has 0 radical (unpaired) electrons. The molecule has 226 valence electrons. The van der Waals surface area contributed by atoms with Gasteiger partial charge in [0.15, 0.2) is 0 Å². The molecule has 0 saturated heterocycles. The molecular weight excluding hydrogens is 577 g/mol. The average molecular weight is 611 g/mol. The van der Waals surface area contributed by atoms with E-state index in [1.807, 2.05) is 0 Å². The van der Waals surface area contributed by atoms with Gasteiger partial charge in [-0.2, -0.15) is 0 Å². The van der Waals surface area contributed by atoms with Crippen LogP contribution in [0, 0.1) is 0 Å². The Kier molecular flexibility index (Phi) is 8.05. The highest BCUT2D eigenvalue weighted by molar-refractivity contribution is 6.07. The Labute approximate surface area is 282 Å². The summed E-state index contributed by atoms with van der Waals surface area (Å²) in [6, 6.07) is 69.7. The smallest absolute Gasteiger partial charge is 0.00988 e. The minimum Gasteiger partial charge on any atom is -0.0622 e. The maximum atomic E-state index is 2.38. The molecule has 0 heterocycles. The van der Waals surface area contributed by atoms with Gasteiger partial charge in [0.25, 0.3) is 0 Å². The first-order chi connectivity index (χ1) is 23.8. The molecule has 0 N–H and O–H groups in total.